The smallest absolute Gasteiger partial charge is 0.387 e. The second kappa shape index (κ2) is 11.4. The molecule has 242 valence electrons. The molecule has 0 aromatic carbocycles. The Labute approximate surface area is 256 Å². The number of nitrogens with two attached hydrogens (primary N) is 2. The van der Waals surface area contributed by atoms with Crippen molar-refractivity contribution in [3.63, 3.8) is 0 Å². The van der Waals surface area contributed by atoms with Crippen molar-refractivity contribution in [2.45, 2.75) is 49.1 Å². The van der Waals surface area contributed by atoms with E-state index in [1.165, 1.54) is 34.4 Å². The minimum atomic E-state index is -4.56. The summed E-state index contributed by atoms with van der Waals surface area (Å²) in [6.07, 6.45) is -6.93. The van der Waals surface area contributed by atoms with Crippen LogP contribution in [0.2, 0.25) is 0 Å². The van der Waals surface area contributed by atoms with Gasteiger partial charge in [0.1, 0.15) is 54.2 Å². The first-order valence-corrected chi connectivity index (χ1v) is 17.2. The molecule has 3 saturated heterocycles. The number of phosphoric acid groups is 1. The molecule has 20 nitrogen and oxygen atoms in total. The lowest BCUT2D eigenvalue weighted by molar-refractivity contribution is -0.0645. The molecule has 0 radical (unpaired) electrons. The minimum Gasteiger partial charge on any atom is -0.387 e. The molecule has 0 saturated carbocycles. The molecule has 3 aliphatic rings. The number of aliphatic hydroxyl groups excluding tert-OH is 1. The number of hydrogen-bond acceptors (Lipinski definition) is 18. The molecule has 3 aliphatic heterocycles. The summed E-state index contributed by atoms with van der Waals surface area (Å²) in [7, 11) is -3.53. The van der Waals surface area contributed by atoms with Crippen LogP contribution in [-0.2, 0) is 48.5 Å². The van der Waals surface area contributed by atoms with Crippen molar-refractivity contribution in [2.75, 3.05) is 31.8 Å². The van der Waals surface area contributed by atoms with Crippen molar-refractivity contribution in [3.8, 4) is 0 Å². The summed E-state index contributed by atoms with van der Waals surface area (Å²) in [6, 6.07) is 0. The molecule has 0 amide bonds. The van der Waals surface area contributed by atoms with E-state index in [0.29, 0.717) is 0 Å². The fourth-order valence-electron chi connectivity index (χ4n) is 5.28. The second-order valence-electron chi connectivity index (χ2n) is 10.1. The summed E-state index contributed by atoms with van der Waals surface area (Å²) in [5.74, 6) is 0.141. The molecule has 8 unspecified atom stereocenters. The number of imidazole rings is 2. The number of anilines is 2. The maximum atomic E-state index is 16.1. The normalized spacial score (nSPS) is 37.7. The van der Waals surface area contributed by atoms with Gasteiger partial charge in [0, 0.05) is 7.11 Å². The summed E-state index contributed by atoms with van der Waals surface area (Å²) >= 11 is 5.25. The molecule has 7 heterocycles. The van der Waals surface area contributed by atoms with Crippen molar-refractivity contribution in [3.05, 3.63) is 25.3 Å². The van der Waals surface area contributed by atoms with Crippen LogP contribution in [0.3, 0.4) is 0 Å². The lowest BCUT2D eigenvalue weighted by atomic mass is 10.1. The van der Waals surface area contributed by atoms with Gasteiger partial charge in [0.2, 0.25) is 0 Å². The number of hydrogen-bond donors (Lipinski definition) is 4. The highest BCUT2D eigenvalue weighted by Crippen LogP contribution is 2.56. The zero-order valence-electron chi connectivity index (χ0n) is 22.9. The third-order valence-electron chi connectivity index (χ3n) is 7.43. The first-order valence-electron chi connectivity index (χ1n) is 13.1. The number of ether oxygens (including phenoxy) is 2. The number of nitrogen functional groups attached to an aromatic ring is 2. The molecule has 0 spiro atoms. The monoisotopic (exact) mass is 690 g/mol. The Hall–Kier alpha value is -2.85. The van der Waals surface area contributed by atoms with E-state index in [0.717, 1.165) is 7.11 Å². The largest absolute Gasteiger partial charge is 0.475 e. The third kappa shape index (κ3) is 5.39. The number of aliphatic hydroxyl groups is 1. The maximum absolute atomic E-state index is 16.1. The van der Waals surface area contributed by atoms with E-state index in [2.05, 4.69) is 29.9 Å². The van der Waals surface area contributed by atoms with E-state index < -0.39 is 76.9 Å². The van der Waals surface area contributed by atoms with E-state index >= 15 is 4.39 Å². The number of fused-ring (bicyclic) bond motifs is 5. The van der Waals surface area contributed by atoms with Crippen molar-refractivity contribution < 1.29 is 51.0 Å². The van der Waals surface area contributed by atoms with E-state index in [-0.39, 0.29) is 34.0 Å². The zero-order valence-corrected chi connectivity index (χ0v) is 25.5. The van der Waals surface area contributed by atoms with Crippen LogP contribution in [0.25, 0.3) is 22.3 Å². The van der Waals surface area contributed by atoms with Gasteiger partial charge in [0.25, 0.3) is 0 Å². The summed E-state index contributed by atoms with van der Waals surface area (Å²) in [5.41, 5.74) is 12.6. The van der Waals surface area contributed by atoms with Gasteiger partial charge in [-0.3, -0.25) is 27.2 Å². The van der Waals surface area contributed by atoms with E-state index in [1.54, 1.807) is 0 Å². The third-order valence-corrected chi connectivity index (χ3v) is 10.4. The van der Waals surface area contributed by atoms with E-state index in [9.17, 15) is 14.6 Å². The molecule has 4 aromatic rings. The van der Waals surface area contributed by atoms with Crippen LogP contribution in [0.5, 0.6) is 0 Å². The summed E-state index contributed by atoms with van der Waals surface area (Å²) < 4.78 is 71.7. The number of phosphoric ester groups is 1. The molecule has 2 bridgehead atoms. The lowest BCUT2D eigenvalue weighted by Gasteiger charge is -2.27. The Balaban J connectivity index is 1.22. The van der Waals surface area contributed by atoms with E-state index in [4.69, 9.17) is 55.4 Å². The van der Waals surface area contributed by atoms with Crippen molar-refractivity contribution in [2.24, 2.45) is 0 Å². The number of rotatable bonds is 3. The lowest BCUT2D eigenvalue weighted by Crippen LogP contribution is -2.35. The first-order chi connectivity index (χ1) is 21.5. The van der Waals surface area contributed by atoms with Crippen LogP contribution in [0.4, 0.5) is 16.0 Å². The Morgan fingerprint density at radius 1 is 0.911 bits per heavy atom. The van der Waals surface area contributed by atoms with Gasteiger partial charge < -0.3 is 35.5 Å². The highest BCUT2D eigenvalue weighted by molar-refractivity contribution is 8.07. The van der Waals surface area contributed by atoms with Crippen LogP contribution in [-0.4, -0.2) is 106 Å². The van der Waals surface area contributed by atoms with E-state index in [1.807, 2.05) is 0 Å². The van der Waals surface area contributed by atoms with Crippen molar-refractivity contribution >= 4 is 60.3 Å². The highest BCUT2D eigenvalue weighted by atomic mass is 32.5. The molecule has 10 atom stereocenters. The molecule has 45 heavy (non-hydrogen) atoms. The quantitative estimate of drug-likeness (QED) is 0.208. The van der Waals surface area contributed by atoms with Gasteiger partial charge in [-0.2, -0.15) is 0 Å². The molecule has 6 N–H and O–H groups in total. The molecule has 7 rings (SSSR count). The Kier molecular flexibility index (Phi) is 7.83. The second-order valence-corrected chi connectivity index (χ2v) is 14.6. The molecule has 0 aliphatic carbocycles. The minimum absolute atomic E-state index is 0.0571. The Bertz CT molecular complexity index is 1850. The average Bonchev–Trinajstić information content (AvgIpc) is 3.77. The predicted molar refractivity (Wildman–Crippen MR) is 151 cm³/mol. The summed E-state index contributed by atoms with van der Waals surface area (Å²) in [5, 5.41) is 11.2. The van der Waals surface area contributed by atoms with Crippen LogP contribution in [0, 0.1) is 0 Å². The van der Waals surface area contributed by atoms with Gasteiger partial charge >= 0.3 is 14.5 Å². The van der Waals surface area contributed by atoms with Crippen molar-refractivity contribution in [1.29, 1.82) is 0 Å². The standard InChI is InChI=1S/C21H25FN10O10P2S/c1-36-43(34)37-2-8-13(33)15(21(39-8)32-7-30-12-17(24)26-5-28-19(12)32)42-44(35,45)38-3-9-14(41-43)10(22)20(40-9)31-6-29-11-16(23)25-4-27-18(11)31/h4-10,13-15,20-21,33H,2-3H2,1H3,(H,35,45)(H2,23,25,27)(H2,24,26,28)/t8?,9-,10?,13?,14?,15?,20-,21?,43?,44?/m1/s1. The summed E-state index contributed by atoms with van der Waals surface area (Å²) in [4.78, 5) is 35.5. The fourth-order valence-corrected chi connectivity index (χ4v) is 7.82. The maximum Gasteiger partial charge on any atom is 0.475 e. The number of aromatic nitrogens is 8. The number of alkyl halides is 1. The highest BCUT2D eigenvalue weighted by Gasteiger charge is 2.54. The predicted octanol–water partition coefficient (Wildman–Crippen LogP) is 0.113. The molecular formula is C21H25FN10O10P2S. The Morgan fingerprint density at radius 2 is 1.49 bits per heavy atom. The summed E-state index contributed by atoms with van der Waals surface area (Å²) in [6.45, 7) is -5.44. The Morgan fingerprint density at radius 3 is 2.11 bits per heavy atom. The van der Waals surface area contributed by atoms with Crippen LogP contribution in [0.1, 0.15) is 12.5 Å². The van der Waals surface area contributed by atoms with Gasteiger partial charge in [-0.05, 0) is 11.8 Å². The van der Waals surface area contributed by atoms with Gasteiger partial charge in [-0.15, -0.1) is 0 Å². The topological polar surface area (TPSA) is 261 Å². The van der Waals surface area contributed by atoms with Gasteiger partial charge in [-0.25, -0.2) is 38.9 Å². The molecule has 24 heteroatoms. The first kappa shape index (κ1) is 30.8. The SMILES string of the molecule is COP1(=O)OCC2OC(n3cnc4c(N)ncnc43)C(OP(O)(=S)OC[C@H]3O[C@@H](n4cnc5c(N)ncnc54)C(F)C3O1)C2O. The van der Waals surface area contributed by atoms with Crippen LogP contribution < -0.4 is 11.5 Å². The van der Waals surface area contributed by atoms with Gasteiger partial charge in [-0.1, -0.05) is 0 Å². The van der Waals surface area contributed by atoms with Crippen LogP contribution in [0.15, 0.2) is 25.3 Å². The number of halogens is 1. The fraction of sp³-hybridized carbons (Fsp3) is 0.524. The molecule has 3 fully saturated rings. The zero-order chi connectivity index (χ0) is 31.7. The molecule has 4 aromatic heterocycles. The number of nitrogens with zero attached hydrogens (tertiary/aromatic N) is 8. The average molecular weight is 691 g/mol. The van der Waals surface area contributed by atoms with Gasteiger partial charge in [0.15, 0.2) is 41.6 Å². The van der Waals surface area contributed by atoms with Crippen LogP contribution >= 0.6 is 14.5 Å². The van der Waals surface area contributed by atoms with Crippen molar-refractivity contribution in [1.82, 2.24) is 39.0 Å². The van der Waals surface area contributed by atoms with Gasteiger partial charge in [0.05, 0.1) is 25.9 Å². The molecular weight excluding hydrogens is 665 g/mol.